The van der Waals surface area contributed by atoms with E-state index in [0.717, 1.165) is 10.9 Å². The molecule has 1 aromatic carbocycles. The van der Waals surface area contributed by atoms with Gasteiger partial charge in [-0.2, -0.15) is 0 Å². The molecule has 0 bridgehead atoms. The Labute approximate surface area is 90.5 Å². The Balaban J connectivity index is 2.54. The van der Waals surface area contributed by atoms with E-state index in [-0.39, 0.29) is 12.4 Å². The van der Waals surface area contributed by atoms with Crippen molar-refractivity contribution in [3.8, 4) is 0 Å². The topological polar surface area (TPSA) is 56.2 Å². The summed E-state index contributed by atoms with van der Waals surface area (Å²) < 4.78 is 15.0. The molecule has 0 aliphatic heterocycles. The number of fused-ring (bicyclic) bond motifs is 3. The van der Waals surface area contributed by atoms with E-state index in [4.69, 9.17) is 5.73 Å². The average molecular weight is 216 g/mol. The Morgan fingerprint density at radius 3 is 2.81 bits per heavy atom. The highest BCUT2D eigenvalue weighted by atomic mass is 19.1. The number of benzene rings is 1. The highest BCUT2D eigenvalue weighted by Crippen LogP contribution is 2.18. The lowest BCUT2D eigenvalue weighted by Gasteiger charge is -2.03. The summed E-state index contributed by atoms with van der Waals surface area (Å²) in [5, 5.41) is 8.87. The minimum atomic E-state index is -0.281. The first-order chi connectivity index (χ1) is 7.79. The Kier molecular flexibility index (Phi) is 1.87. The van der Waals surface area contributed by atoms with Gasteiger partial charge in [0.1, 0.15) is 5.82 Å². The van der Waals surface area contributed by atoms with E-state index < -0.39 is 0 Å². The molecule has 3 aromatic rings. The van der Waals surface area contributed by atoms with Gasteiger partial charge in [0.05, 0.1) is 12.1 Å². The summed E-state index contributed by atoms with van der Waals surface area (Å²) >= 11 is 0. The quantitative estimate of drug-likeness (QED) is 0.670. The maximum Gasteiger partial charge on any atom is 0.161 e. The fraction of sp³-hybridized carbons (Fsp3) is 0.0909. The Morgan fingerprint density at radius 1 is 1.19 bits per heavy atom. The maximum absolute atomic E-state index is 13.2. The highest BCUT2D eigenvalue weighted by Gasteiger charge is 2.07. The molecule has 0 saturated heterocycles. The van der Waals surface area contributed by atoms with Crippen molar-refractivity contribution in [1.82, 2.24) is 14.6 Å². The third-order valence-corrected chi connectivity index (χ3v) is 2.58. The van der Waals surface area contributed by atoms with E-state index in [1.54, 1.807) is 10.5 Å². The zero-order valence-corrected chi connectivity index (χ0v) is 8.39. The summed E-state index contributed by atoms with van der Waals surface area (Å²) in [5.74, 6) is 0.350. The molecule has 0 unspecified atom stereocenters. The molecule has 0 spiro atoms. The Hall–Kier alpha value is -2.01. The van der Waals surface area contributed by atoms with E-state index in [0.29, 0.717) is 11.5 Å². The van der Waals surface area contributed by atoms with Crippen molar-refractivity contribution in [3.63, 3.8) is 0 Å². The van der Waals surface area contributed by atoms with Crippen molar-refractivity contribution in [3.05, 3.63) is 42.0 Å². The van der Waals surface area contributed by atoms with E-state index in [1.807, 2.05) is 12.1 Å². The predicted octanol–water partition coefficient (Wildman–Crippen LogP) is 1.48. The monoisotopic (exact) mass is 216 g/mol. The second kappa shape index (κ2) is 3.24. The van der Waals surface area contributed by atoms with Gasteiger partial charge in [0.15, 0.2) is 11.5 Å². The van der Waals surface area contributed by atoms with Crippen molar-refractivity contribution in [2.75, 3.05) is 0 Å². The number of pyridine rings is 1. The first-order valence-electron chi connectivity index (χ1n) is 4.92. The molecule has 80 valence electrons. The van der Waals surface area contributed by atoms with Crippen LogP contribution in [0.1, 0.15) is 5.82 Å². The van der Waals surface area contributed by atoms with Gasteiger partial charge in [-0.25, -0.2) is 4.39 Å². The highest BCUT2D eigenvalue weighted by molar-refractivity contribution is 5.82. The summed E-state index contributed by atoms with van der Waals surface area (Å²) in [6, 6.07) is 8.35. The Morgan fingerprint density at radius 2 is 2.00 bits per heavy atom. The molecule has 2 aromatic heterocycles. The van der Waals surface area contributed by atoms with Gasteiger partial charge in [0.2, 0.25) is 0 Å². The lowest BCUT2D eigenvalue weighted by molar-refractivity contribution is 0.629. The molecule has 4 nitrogen and oxygen atoms in total. The van der Waals surface area contributed by atoms with Crippen LogP contribution in [-0.4, -0.2) is 14.6 Å². The van der Waals surface area contributed by atoms with E-state index in [2.05, 4.69) is 10.2 Å². The smallest absolute Gasteiger partial charge is 0.161 e. The standard InChI is InChI=1S/C11H9FN4/c12-8-3-1-7-2-4-10-14-15-11(6-13)16(10)9(7)5-8/h1-5H,6,13H2. The van der Waals surface area contributed by atoms with Gasteiger partial charge in [-0.3, -0.25) is 4.40 Å². The molecule has 3 rings (SSSR count). The van der Waals surface area contributed by atoms with Crippen LogP contribution in [0, 0.1) is 5.82 Å². The van der Waals surface area contributed by atoms with Crippen LogP contribution >= 0.6 is 0 Å². The predicted molar refractivity (Wildman–Crippen MR) is 58.3 cm³/mol. The number of rotatable bonds is 1. The second-order valence-electron chi connectivity index (χ2n) is 3.55. The van der Waals surface area contributed by atoms with Crippen LogP contribution in [0.25, 0.3) is 16.6 Å². The van der Waals surface area contributed by atoms with Gasteiger partial charge in [0.25, 0.3) is 0 Å². The molecule has 16 heavy (non-hydrogen) atoms. The van der Waals surface area contributed by atoms with Gasteiger partial charge in [-0.15, -0.1) is 10.2 Å². The van der Waals surface area contributed by atoms with Crippen LogP contribution in [0.5, 0.6) is 0 Å². The summed E-state index contributed by atoms with van der Waals surface area (Å²) in [6.45, 7) is 0.275. The number of nitrogens with two attached hydrogens (primary N) is 1. The zero-order chi connectivity index (χ0) is 11.1. The van der Waals surface area contributed by atoms with E-state index in [1.165, 1.54) is 12.1 Å². The summed E-state index contributed by atoms with van der Waals surface area (Å²) in [5.41, 5.74) is 6.99. The number of hydrogen-bond acceptors (Lipinski definition) is 3. The second-order valence-corrected chi connectivity index (χ2v) is 3.55. The SMILES string of the molecule is NCc1nnc2ccc3ccc(F)cc3n12. The third-order valence-electron chi connectivity index (χ3n) is 2.58. The van der Waals surface area contributed by atoms with Crippen LogP contribution in [0.4, 0.5) is 4.39 Å². The molecule has 0 radical (unpaired) electrons. The maximum atomic E-state index is 13.2. The van der Waals surface area contributed by atoms with Gasteiger partial charge in [-0.1, -0.05) is 0 Å². The first kappa shape index (κ1) is 9.23. The average Bonchev–Trinajstić information content (AvgIpc) is 2.72. The molecule has 2 N–H and O–H groups in total. The molecule has 0 aliphatic carbocycles. The lowest BCUT2D eigenvalue weighted by Crippen LogP contribution is -2.03. The van der Waals surface area contributed by atoms with E-state index in [9.17, 15) is 4.39 Å². The zero-order valence-electron chi connectivity index (χ0n) is 8.39. The summed E-state index contributed by atoms with van der Waals surface area (Å²) in [4.78, 5) is 0. The fourth-order valence-electron chi connectivity index (χ4n) is 1.85. The molecular formula is C11H9FN4. The Bertz CT molecular complexity index is 674. The number of nitrogens with zero attached hydrogens (tertiary/aromatic N) is 3. The fourth-order valence-corrected chi connectivity index (χ4v) is 1.85. The van der Waals surface area contributed by atoms with Crippen molar-refractivity contribution < 1.29 is 4.39 Å². The first-order valence-corrected chi connectivity index (χ1v) is 4.92. The molecule has 0 aliphatic rings. The number of aromatic nitrogens is 3. The molecule has 2 heterocycles. The normalized spacial score (nSPS) is 11.4. The molecule has 0 atom stereocenters. The summed E-state index contributed by atoms with van der Waals surface area (Å²) in [7, 11) is 0. The summed E-state index contributed by atoms with van der Waals surface area (Å²) in [6.07, 6.45) is 0. The molecule has 5 heteroatoms. The minimum absolute atomic E-state index is 0.275. The minimum Gasteiger partial charge on any atom is -0.324 e. The van der Waals surface area contributed by atoms with Gasteiger partial charge in [0, 0.05) is 0 Å². The van der Waals surface area contributed by atoms with Crippen LogP contribution < -0.4 is 5.73 Å². The molecule has 0 fully saturated rings. The van der Waals surface area contributed by atoms with Crippen LogP contribution in [0.15, 0.2) is 30.3 Å². The van der Waals surface area contributed by atoms with Gasteiger partial charge in [-0.05, 0) is 35.7 Å². The lowest BCUT2D eigenvalue weighted by atomic mass is 10.2. The van der Waals surface area contributed by atoms with Gasteiger partial charge >= 0.3 is 0 Å². The number of hydrogen-bond donors (Lipinski definition) is 1. The van der Waals surface area contributed by atoms with Gasteiger partial charge < -0.3 is 5.73 Å². The van der Waals surface area contributed by atoms with Crippen molar-refractivity contribution >= 4 is 16.6 Å². The largest absolute Gasteiger partial charge is 0.324 e. The van der Waals surface area contributed by atoms with Crippen LogP contribution in [0.2, 0.25) is 0 Å². The molecule has 0 amide bonds. The van der Waals surface area contributed by atoms with Crippen molar-refractivity contribution in [2.24, 2.45) is 5.73 Å². The van der Waals surface area contributed by atoms with Crippen LogP contribution in [-0.2, 0) is 6.54 Å². The van der Waals surface area contributed by atoms with Crippen molar-refractivity contribution in [2.45, 2.75) is 6.54 Å². The molecule has 0 saturated carbocycles. The van der Waals surface area contributed by atoms with Crippen LogP contribution in [0.3, 0.4) is 0 Å². The molecular weight excluding hydrogens is 207 g/mol. The van der Waals surface area contributed by atoms with Crippen molar-refractivity contribution in [1.29, 1.82) is 0 Å². The number of halogens is 1. The third kappa shape index (κ3) is 1.18. The van der Waals surface area contributed by atoms with E-state index >= 15 is 0 Å².